The number of benzene rings is 2. The fourth-order valence-electron chi connectivity index (χ4n) is 2.24. The molecule has 2 aromatic carbocycles. The summed E-state index contributed by atoms with van der Waals surface area (Å²) >= 11 is 0. The predicted octanol–water partition coefficient (Wildman–Crippen LogP) is 3.23. The molecule has 1 heterocycles. The van der Waals surface area contributed by atoms with E-state index in [1.165, 1.54) is 5.56 Å². The van der Waals surface area contributed by atoms with Gasteiger partial charge in [0.15, 0.2) is 0 Å². The fraction of sp³-hybridized carbons (Fsp3) is 0.133. The average Bonchev–Trinajstić information content (AvgIpc) is 2.82. The summed E-state index contributed by atoms with van der Waals surface area (Å²) in [6, 6.07) is 16.4. The van der Waals surface area contributed by atoms with Gasteiger partial charge in [0.1, 0.15) is 0 Å². The van der Waals surface area contributed by atoms with Gasteiger partial charge < -0.3 is 5.73 Å². The second kappa shape index (κ2) is 4.18. The molecule has 0 amide bonds. The number of nitrogen functional groups attached to an aromatic ring is 1. The zero-order valence-electron chi connectivity index (χ0n) is 10.2. The van der Waals surface area contributed by atoms with Gasteiger partial charge in [-0.15, -0.1) is 0 Å². The number of anilines is 1. The van der Waals surface area contributed by atoms with Gasteiger partial charge in [0, 0.05) is 11.1 Å². The molecule has 1 aromatic heterocycles. The van der Waals surface area contributed by atoms with Crippen LogP contribution in [0.2, 0.25) is 0 Å². The summed E-state index contributed by atoms with van der Waals surface area (Å²) < 4.78 is 2.01. The van der Waals surface area contributed by atoms with Crippen molar-refractivity contribution in [3.63, 3.8) is 0 Å². The van der Waals surface area contributed by atoms with Crippen LogP contribution in [0.1, 0.15) is 18.5 Å². The zero-order chi connectivity index (χ0) is 12.5. The monoisotopic (exact) mass is 237 g/mol. The molecule has 3 heteroatoms. The number of nitrogens with two attached hydrogens (primary N) is 1. The van der Waals surface area contributed by atoms with Gasteiger partial charge in [0.05, 0.1) is 17.8 Å². The summed E-state index contributed by atoms with van der Waals surface area (Å²) in [4.78, 5) is 0. The maximum atomic E-state index is 5.85. The lowest BCUT2D eigenvalue weighted by Crippen LogP contribution is -2.08. The van der Waals surface area contributed by atoms with Crippen LogP contribution in [0.25, 0.3) is 10.9 Å². The number of aromatic nitrogens is 2. The molecule has 0 fully saturated rings. The first-order valence-electron chi connectivity index (χ1n) is 6.03. The van der Waals surface area contributed by atoms with Gasteiger partial charge in [0.25, 0.3) is 0 Å². The molecule has 18 heavy (non-hydrogen) atoms. The van der Waals surface area contributed by atoms with Crippen LogP contribution in [0.4, 0.5) is 5.69 Å². The first kappa shape index (κ1) is 10.8. The number of fused-ring (bicyclic) bond motifs is 1. The lowest BCUT2D eigenvalue weighted by molar-refractivity contribution is 0.584. The Kier molecular flexibility index (Phi) is 2.52. The van der Waals surface area contributed by atoms with Gasteiger partial charge in [-0.05, 0) is 30.7 Å². The summed E-state index contributed by atoms with van der Waals surface area (Å²) in [5.74, 6) is 0. The first-order chi connectivity index (χ1) is 8.75. The van der Waals surface area contributed by atoms with Crippen molar-refractivity contribution in [3.8, 4) is 0 Å². The Labute approximate surface area is 106 Å². The van der Waals surface area contributed by atoms with E-state index in [1.807, 2.05) is 47.3 Å². The second-order valence-corrected chi connectivity index (χ2v) is 4.49. The summed E-state index contributed by atoms with van der Waals surface area (Å²) in [7, 11) is 0. The van der Waals surface area contributed by atoms with Crippen LogP contribution in [-0.4, -0.2) is 9.78 Å². The van der Waals surface area contributed by atoms with Gasteiger partial charge >= 0.3 is 0 Å². The van der Waals surface area contributed by atoms with Gasteiger partial charge in [-0.2, -0.15) is 5.10 Å². The molecule has 0 aliphatic heterocycles. The Bertz CT molecular complexity index is 671. The van der Waals surface area contributed by atoms with Crippen LogP contribution in [0.3, 0.4) is 0 Å². The summed E-state index contributed by atoms with van der Waals surface area (Å²) in [5.41, 5.74) is 8.93. The topological polar surface area (TPSA) is 43.8 Å². The van der Waals surface area contributed by atoms with E-state index >= 15 is 0 Å². The van der Waals surface area contributed by atoms with Crippen molar-refractivity contribution in [2.75, 3.05) is 5.73 Å². The summed E-state index contributed by atoms with van der Waals surface area (Å²) in [6.45, 7) is 2.14. The molecule has 3 nitrogen and oxygen atoms in total. The molecule has 0 saturated carbocycles. The molecule has 1 atom stereocenters. The van der Waals surface area contributed by atoms with E-state index in [-0.39, 0.29) is 6.04 Å². The van der Waals surface area contributed by atoms with Crippen molar-refractivity contribution in [1.82, 2.24) is 9.78 Å². The standard InChI is InChI=1S/C15H15N3/c1-11(12-5-3-2-4-6-12)18-15-9-14(16)8-7-13(15)10-17-18/h2-11H,16H2,1H3/t11-/m1/s1. The highest BCUT2D eigenvalue weighted by Gasteiger charge is 2.11. The second-order valence-electron chi connectivity index (χ2n) is 4.49. The average molecular weight is 237 g/mol. The number of hydrogen-bond donors (Lipinski definition) is 1. The smallest absolute Gasteiger partial charge is 0.0747 e. The van der Waals surface area contributed by atoms with Crippen LogP contribution in [0, 0.1) is 0 Å². The Balaban J connectivity index is 2.12. The number of hydrogen-bond acceptors (Lipinski definition) is 2. The normalized spacial score (nSPS) is 12.7. The van der Waals surface area contributed by atoms with Crippen LogP contribution in [0.5, 0.6) is 0 Å². The van der Waals surface area contributed by atoms with Crippen molar-refractivity contribution in [2.24, 2.45) is 0 Å². The van der Waals surface area contributed by atoms with Crippen LogP contribution in [0.15, 0.2) is 54.7 Å². The lowest BCUT2D eigenvalue weighted by Gasteiger charge is -2.14. The molecular weight excluding hydrogens is 222 g/mol. The Morgan fingerprint density at radius 3 is 2.67 bits per heavy atom. The fourth-order valence-corrected chi connectivity index (χ4v) is 2.24. The first-order valence-corrected chi connectivity index (χ1v) is 6.03. The number of rotatable bonds is 2. The molecule has 0 aliphatic rings. The molecule has 0 aliphatic carbocycles. The SMILES string of the molecule is C[C@H](c1ccccc1)n1ncc2ccc(N)cc21. The molecule has 0 unspecified atom stereocenters. The molecular formula is C15H15N3. The maximum Gasteiger partial charge on any atom is 0.0747 e. The molecule has 0 bridgehead atoms. The van der Waals surface area contributed by atoms with Crippen molar-refractivity contribution < 1.29 is 0 Å². The molecule has 3 rings (SSSR count). The van der Waals surface area contributed by atoms with E-state index < -0.39 is 0 Å². The Hall–Kier alpha value is -2.29. The summed E-state index contributed by atoms with van der Waals surface area (Å²) in [5, 5.41) is 5.59. The zero-order valence-corrected chi connectivity index (χ0v) is 10.2. The van der Waals surface area contributed by atoms with E-state index in [0.29, 0.717) is 0 Å². The van der Waals surface area contributed by atoms with Gasteiger partial charge in [-0.3, -0.25) is 4.68 Å². The highest BCUT2D eigenvalue weighted by atomic mass is 15.3. The summed E-state index contributed by atoms with van der Waals surface area (Å²) in [6.07, 6.45) is 1.88. The minimum Gasteiger partial charge on any atom is -0.399 e. The minimum absolute atomic E-state index is 0.200. The molecule has 0 spiro atoms. The largest absolute Gasteiger partial charge is 0.399 e. The third kappa shape index (κ3) is 1.74. The van der Waals surface area contributed by atoms with E-state index in [9.17, 15) is 0 Å². The highest BCUT2D eigenvalue weighted by molar-refractivity contribution is 5.82. The van der Waals surface area contributed by atoms with E-state index in [2.05, 4.69) is 24.2 Å². The Morgan fingerprint density at radius 1 is 1.11 bits per heavy atom. The third-order valence-electron chi connectivity index (χ3n) is 3.27. The van der Waals surface area contributed by atoms with Crippen molar-refractivity contribution in [1.29, 1.82) is 0 Å². The lowest BCUT2D eigenvalue weighted by atomic mass is 10.1. The molecule has 0 saturated heterocycles. The number of nitrogens with zero attached hydrogens (tertiary/aromatic N) is 2. The van der Waals surface area contributed by atoms with E-state index in [0.717, 1.165) is 16.6 Å². The van der Waals surface area contributed by atoms with Crippen molar-refractivity contribution in [3.05, 3.63) is 60.3 Å². The van der Waals surface area contributed by atoms with Crippen LogP contribution < -0.4 is 5.73 Å². The highest BCUT2D eigenvalue weighted by Crippen LogP contribution is 2.24. The van der Waals surface area contributed by atoms with Gasteiger partial charge in [-0.1, -0.05) is 30.3 Å². The quantitative estimate of drug-likeness (QED) is 0.695. The van der Waals surface area contributed by atoms with Gasteiger partial charge in [-0.25, -0.2) is 0 Å². The molecule has 90 valence electrons. The van der Waals surface area contributed by atoms with Crippen molar-refractivity contribution >= 4 is 16.6 Å². The van der Waals surface area contributed by atoms with Crippen LogP contribution >= 0.6 is 0 Å². The van der Waals surface area contributed by atoms with E-state index in [4.69, 9.17) is 5.73 Å². The third-order valence-corrected chi connectivity index (χ3v) is 3.27. The van der Waals surface area contributed by atoms with Gasteiger partial charge in [0.2, 0.25) is 0 Å². The van der Waals surface area contributed by atoms with Crippen LogP contribution in [-0.2, 0) is 0 Å². The molecule has 3 aromatic rings. The minimum atomic E-state index is 0.200. The Morgan fingerprint density at radius 2 is 1.89 bits per heavy atom. The predicted molar refractivity (Wildman–Crippen MR) is 74.4 cm³/mol. The van der Waals surface area contributed by atoms with Crippen molar-refractivity contribution in [2.45, 2.75) is 13.0 Å². The molecule has 0 radical (unpaired) electrons. The maximum absolute atomic E-state index is 5.85. The van der Waals surface area contributed by atoms with E-state index in [1.54, 1.807) is 0 Å². The molecule has 2 N–H and O–H groups in total.